The Morgan fingerprint density at radius 3 is 2.73 bits per heavy atom. The van der Waals surface area contributed by atoms with E-state index in [-0.39, 0.29) is 5.41 Å². The fraction of sp³-hybridized carbons (Fsp3) is 0.727. The van der Waals surface area contributed by atoms with Gasteiger partial charge in [-0.05, 0) is 5.25 Å². The van der Waals surface area contributed by atoms with Crippen LogP contribution in [0.5, 0.6) is 0 Å². The van der Waals surface area contributed by atoms with Gasteiger partial charge in [0.1, 0.15) is 5.01 Å². The van der Waals surface area contributed by atoms with Crippen molar-refractivity contribution in [2.75, 3.05) is 6.54 Å². The highest BCUT2D eigenvalue weighted by Crippen LogP contribution is 2.26. The molecule has 15 heavy (non-hydrogen) atoms. The highest BCUT2D eigenvalue weighted by Gasteiger charge is 2.21. The maximum atomic E-state index is 5.73. The van der Waals surface area contributed by atoms with Crippen molar-refractivity contribution in [1.82, 2.24) is 4.98 Å². The number of nitrogens with zero attached hydrogens (tertiary/aromatic N) is 1. The largest absolute Gasteiger partial charge is 0.330 e. The highest BCUT2D eigenvalue weighted by atomic mass is 32.2. The van der Waals surface area contributed by atoms with E-state index >= 15 is 0 Å². The van der Waals surface area contributed by atoms with Crippen LogP contribution in [0.15, 0.2) is 5.38 Å². The lowest BCUT2D eigenvalue weighted by molar-refractivity contribution is 0.524. The molecule has 0 saturated heterocycles. The zero-order chi connectivity index (χ0) is 11.5. The van der Waals surface area contributed by atoms with E-state index in [0.29, 0.717) is 11.8 Å². The van der Waals surface area contributed by atoms with E-state index in [2.05, 4.69) is 38.1 Å². The van der Waals surface area contributed by atoms with Crippen molar-refractivity contribution < 1.29 is 0 Å². The first kappa shape index (κ1) is 13.0. The number of hydrogen-bond acceptors (Lipinski definition) is 4. The average Bonchev–Trinajstić information content (AvgIpc) is 2.63. The predicted octanol–water partition coefficient (Wildman–Crippen LogP) is 3.02. The maximum absolute atomic E-state index is 5.73. The number of aromatic nitrogens is 1. The zero-order valence-corrected chi connectivity index (χ0v) is 11.5. The first-order valence-corrected chi connectivity index (χ1v) is 7.15. The molecule has 1 aromatic heterocycles. The Balaban J connectivity index is 2.64. The topological polar surface area (TPSA) is 38.9 Å². The van der Waals surface area contributed by atoms with E-state index in [9.17, 15) is 0 Å². The van der Waals surface area contributed by atoms with Crippen LogP contribution < -0.4 is 5.73 Å². The molecule has 0 spiro atoms. The van der Waals surface area contributed by atoms with Crippen LogP contribution in [0.3, 0.4) is 0 Å². The number of thioether (sulfide) groups is 1. The smallest absolute Gasteiger partial charge is 0.103 e. The van der Waals surface area contributed by atoms with Crippen molar-refractivity contribution in [3.8, 4) is 0 Å². The van der Waals surface area contributed by atoms with Gasteiger partial charge in [-0.1, -0.05) is 27.7 Å². The number of thiazole rings is 1. The maximum Gasteiger partial charge on any atom is 0.103 e. The summed E-state index contributed by atoms with van der Waals surface area (Å²) in [6.45, 7) is 9.35. The van der Waals surface area contributed by atoms with E-state index in [0.717, 1.165) is 11.4 Å². The van der Waals surface area contributed by atoms with Crippen molar-refractivity contribution in [2.45, 2.75) is 44.1 Å². The van der Waals surface area contributed by atoms with Gasteiger partial charge < -0.3 is 5.73 Å². The normalized spacial score (nSPS) is 12.4. The van der Waals surface area contributed by atoms with Gasteiger partial charge >= 0.3 is 0 Å². The molecule has 2 nitrogen and oxygen atoms in total. The SMILES string of the molecule is CC(C)SCc1nc(C(C)(C)CN)cs1. The monoisotopic (exact) mass is 244 g/mol. The molecule has 0 bridgehead atoms. The zero-order valence-electron chi connectivity index (χ0n) is 9.91. The highest BCUT2D eigenvalue weighted by molar-refractivity contribution is 7.99. The lowest BCUT2D eigenvalue weighted by atomic mass is 9.90. The Bertz CT molecular complexity index is 305. The summed E-state index contributed by atoms with van der Waals surface area (Å²) in [4.78, 5) is 4.64. The molecule has 1 rings (SSSR count). The Morgan fingerprint density at radius 1 is 1.53 bits per heavy atom. The van der Waals surface area contributed by atoms with Gasteiger partial charge in [-0.2, -0.15) is 11.8 Å². The summed E-state index contributed by atoms with van der Waals surface area (Å²) in [5.41, 5.74) is 6.87. The van der Waals surface area contributed by atoms with Crippen LogP contribution in [0.25, 0.3) is 0 Å². The van der Waals surface area contributed by atoms with Crippen LogP contribution in [0.1, 0.15) is 38.4 Å². The summed E-state index contributed by atoms with van der Waals surface area (Å²) >= 11 is 3.68. The van der Waals surface area contributed by atoms with E-state index in [4.69, 9.17) is 5.73 Å². The van der Waals surface area contributed by atoms with Gasteiger partial charge in [0.05, 0.1) is 5.69 Å². The lowest BCUT2D eigenvalue weighted by Crippen LogP contribution is -2.28. The summed E-state index contributed by atoms with van der Waals surface area (Å²) < 4.78 is 0. The Hall–Kier alpha value is -0.0600. The average molecular weight is 244 g/mol. The van der Waals surface area contributed by atoms with Gasteiger partial charge in [-0.3, -0.25) is 0 Å². The van der Waals surface area contributed by atoms with Gasteiger partial charge in [0, 0.05) is 23.1 Å². The van der Waals surface area contributed by atoms with Gasteiger partial charge in [0.25, 0.3) is 0 Å². The van der Waals surface area contributed by atoms with Crippen molar-refractivity contribution in [1.29, 1.82) is 0 Å². The fourth-order valence-corrected chi connectivity index (χ4v) is 2.82. The predicted molar refractivity (Wildman–Crippen MR) is 70.6 cm³/mol. The Labute approximate surface area is 101 Å². The number of rotatable bonds is 5. The number of hydrogen-bond donors (Lipinski definition) is 1. The molecule has 1 aromatic rings. The Kier molecular flexibility index (Phi) is 4.62. The second-order valence-electron chi connectivity index (χ2n) is 4.57. The molecule has 0 fully saturated rings. The molecule has 1 heterocycles. The molecule has 0 atom stereocenters. The molecule has 0 aromatic carbocycles. The van der Waals surface area contributed by atoms with Gasteiger partial charge in [0.2, 0.25) is 0 Å². The fourth-order valence-electron chi connectivity index (χ4n) is 1.03. The van der Waals surface area contributed by atoms with Crippen LogP contribution >= 0.6 is 23.1 Å². The molecule has 86 valence electrons. The third-order valence-corrected chi connectivity index (χ3v) is 4.43. The van der Waals surface area contributed by atoms with E-state index < -0.39 is 0 Å². The van der Waals surface area contributed by atoms with E-state index in [1.807, 2.05) is 11.8 Å². The molecule has 0 saturated carbocycles. The lowest BCUT2D eigenvalue weighted by Gasteiger charge is -2.19. The molecular formula is C11H20N2S2. The summed E-state index contributed by atoms with van der Waals surface area (Å²) in [6, 6.07) is 0. The number of nitrogens with two attached hydrogens (primary N) is 1. The second kappa shape index (κ2) is 5.32. The first-order valence-electron chi connectivity index (χ1n) is 5.22. The van der Waals surface area contributed by atoms with Crippen LogP contribution in [0.4, 0.5) is 0 Å². The molecule has 0 unspecified atom stereocenters. The van der Waals surface area contributed by atoms with Crippen LogP contribution in [-0.4, -0.2) is 16.8 Å². The molecule has 2 N–H and O–H groups in total. The molecule has 0 aliphatic rings. The summed E-state index contributed by atoms with van der Waals surface area (Å²) in [5.74, 6) is 1.02. The summed E-state index contributed by atoms with van der Waals surface area (Å²) in [5, 5.41) is 4.02. The molecule has 0 radical (unpaired) electrons. The minimum atomic E-state index is 0.0112. The molecule has 0 aliphatic carbocycles. The van der Waals surface area contributed by atoms with Crippen LogP contribution in [-0.2, 0) is 11.2 Å². The van der Waals surface area contributed by atoms with E-state index in [1.165, 1.54) is 5.01 Å². The minimum Gasteiger partial charge on any atom is -0.330 e. The first-order chi connectivity index (χ1) is 6.95. The third kappa shape index (κ3) is 3.78. The molecule has 4 heteroatoms. The molecule has 0 amide bonds. The molecular weight excluding hydrogens is 224 g/mol. The quantitative estimate of drug-likeness (QED) is 0.865. The van der Waals surface area contributed by atoms with Gasteiger partial charge in [0.15, 0.2) is 0 Å². The van der Waals surface area contributed by atoms with Gasteiger partial charge in [-0.25, -0.2) is 4.98 Å². The van der Waals surface area contributed by atoms with Crippen molar-refractivity contribution in [2.24, 2.45) is 5.73 Å². The Morgan fingerprint density at radius 2 is 2.20 bits per heavy atom. The van der Waals surface area contributed by atoms with E-state index in [1.54, 1.807) is 11.3 Å². The second-order valence-corrected chi connectivity index (χ2v) is 7.08. The van der Waals surface area contributed by atoms with Crippen molar-refractivity contribution in [3.63, 3.8) is 0 Å². The van der Waals surface area contributed by atoms with Crippen LogP contribution in [0.2, 0.25) is 0 Å². The standard InChI is InChI=1S/C11H20N2S2/c1-8(2)14-6-10-13-9(5-15-10)11(3,4)7-12/h5,8H,6-7,12H2,1-4H3. The van der Waals surface area contributed by atoms with Crippen molar-refractivity contribution in [3.05, 3.63) is 16.1 Å². The van der Waals surface area contributed by atoms with Gasteiger partial charge in [-0.15, -0.1) is 11.3 Å². The summed E-state index contributed by atoms with van der Waals surface area (Å²) in [6.07, 6.45) is 0. The van der Waals surface area contributed by atoms with Crippen LogP contribution in [0, 0.1) is 0 Å². The third-order valence-electron chi connectivity index (χ3n) is 2.30. The van der Waals surface area contributed by atoms with Crippen molar-refractivity contribution >= 4 is 23.1 Å². The molecule has 0 aliphatic heterocycles. The summed E-state index contributed by atoms with van der Waals surface area (Å²) in [7, 11) is 0. The minimum absolute atomic E-state index is 0.0112.